The molecule has 2 aromatic carbocycles. The second-order valence-corrected chi connectivity index (χ2v) is 6.09. The lowest BCUT2D eigenvalue weighted by Gasteiger charge is -2.36. The molecule has 2 nitrogen and oxygen atoms in total. The number of benzene rings is 2. The topological polar surface area (TPSA) is 38.0 Å². The highest BCUT2D eigenvalue weighted by atomic mass is 79.9. The van der Waals surface area contributed by atoms with Crippen molar-refractivity contribution in [3.05, 3.63) is 69.4 Å². The van der Waals surface area contributed by atoms with E-state index in [4.69, 9.17) is 5.84 Å². The number of nitrogens with one attached hydrogen (secondary N) is 1. The van der Waals surface area contributed by atoms with Crippen LogP contribution in [-0.2, 0) is 12.8 Å². The van der Waals surface area contributed by atoms with Crippen LogP contribution < -0.4 is 11.3 Å². The monoisotopic (exact) mass is 334 g/mol. The van der Waals surface area contributed by atoms with Crippen LogP contribution in [0.15, 0.2) is 46.9 Å². The lowest BCUT2D eigenvalue weighted by atomic mass is 9.72. The summed E-state index contributed by atoms with van der Waals surface area (Å²) < 4.78 is 13.8. The van der Waals surface area contributed by atoms with Crippen molar-refractivity contribution in [3.8, 4) is 0 Å². The first-order chi connectivity index (χ1) is 9.69. The molecule has 4 heteroatoms. The highest BCUT2D eigenvalue weighted by Gasteiger charge is 2.32. The Morgan fingerprint density at radius 1 is 1.30 bits per heavy atom. The van der Waals surface area contributed by atoms with Crippen molar-refractivity contribution >= 4 is 15.9 Å². The maximum absolute atomic E-state index is 13.3. The fourth-order valence-corrected chi connectivity index (χ4v) is 3.32. The van der Waals surface area contributed by atoms with Crippen LogP contribution in [-0.4, -0.2) is 6.04 Å². The number of nitrogens with two attached hydrogens (primary N) is 1. The Morgan fingerprint density at radius 3 is 2.80 bits per heavy atom. The fraction of sp³-hybridized carbons (Fsp3) is 0.250. The molecule has 104 valence electrons. The van der Waals surface area contributed by atoms with E-state index < -0.39 is 0 Å². The number of hydrogen-bond donors (Lipinski definition) is 2. The molecule has 0 amide bonds. The highest BCUT2D eigenvalue weighted by molar-refractivity contribution is 9.10. The van der Waals surface area contributed by atoms with Crippen LogP contribution in [0.1, 0.15) is 22.6 Å². The summed E-state index contributed by atoms with van der Waals surface area (Å²) in [7, 11) is 0. The van der Waals surface area contributed by atoms with Gasteiger partial charge in [-0.2, -0.15) is 0 Å². The van der Waals surface area contributed by atoms with Gasteiger partial charge >= 0.3 is 0 Å². The summed E-state index contributed by atoms with van der Waals surface area (Å²) in [5.41, 5.74) is 6.77. The number of hydrazine groups is 1. The van der Waals surface area contributed by atoms with Gasteiger partial charge in [0.1, 0.15) is 5.82 Å². The summed E-state index contributed by atoms with van der Waals surface area (Å²) in [5, 5.41) is 0. The highest BCUT2D eigenvalue weighted by Crippen LogP contribution is 2.38. The van der Waals surface area contributed by atoms with Gasteiger partial charge in [-0.25, -0.2) is 4.39 Å². The predicted molar refractivity (Wildman–Crippen MR) is 81.8 cm³/mol. The minimum Gasteiger partial charge on any atom is -0.271 e. The van der Waals surface area contributed by atoms with Gasteiger partial charge in [0.15, 0.2) is 0 Å². The normalized spacial score (nSPS) is 18.2. The summed E-state index contributed by atoms with van der Waals surface area (Å²) in [6, 6.07) is 13.7. The van der Waals surface area contributed by atoms with Crippen molar-refractivity contribution < 1.29 is 4.39 Å². The van der Waals surface area contributed by atoms with Gasteiger partial charge in [0.05, 0.1) is 4.47 Å². The lowest BCUT2D eigenvalue weighted by molar-refractivity contribution is 0.404. The van der Waals surface area contributed by atoms with Crippen LogP contribution in [0, 0.1) is 5.82 Å². The zero-order valence-electron chi connectivity index (χ0n) is 10.9. The summed E-state index contributed by atoms with van der Waals surface area (Å²) in [5.74, 6) is 5.91. The molecule has 2 atom stereocenters. The van der Waals surface area contributed by atoms with E-state index in [1.165, 1.54) is 17.2 Å². The van der Waals surface area contributed by atoms with Gasteiger partial charge in [0.25, 0.3) is 0 Å². The third-order valence-electron chi connectivity index (χ3n) is 4.03. The molecule has 0 heterocycles. The molecule has 20 heavy (non-hydrogen) atoms. The predicted octanol–water partition coefficient (Wildman–Crippen LogP) is 3.30. The first kappa shape index (κ1) is 13.7. The van der Waals surface area contributed by atoms with Crippen LogP contribution in [0.4, 0.5) is 4.39 Å². The SMILES string of the molecule is NNC(Cc1ccc(F)c(Br)c1)C1Cc2ccccc21. The summed E-state index contributed by atoms with van der Waals surface area (Å²) in [4.78, 5) is 0. The molecule has 0 fully saturated rings. The Hall–Kier alpha value is -1.23. The maximum atomic E-state index is 13.3. The first-order valence-electron chi connectivity index (χ1n) is 6.67. The molecule has 0 radical (unpaired) electrons. The third-order valence-corrected chi connectivity index (χ3v) is 4.64. The quantitative estimate of drug-likeness (QED) is 0.665. The molecule has 0 saturated heterocycles. The second kappa shape index (κ2) is 5.64. The second-order valence-electron chi connectivity index (χ2n) is 5.24. The average Bonchev–Trinajstić information content (AvgIpc) is 2.43. The molecule has 0 spiro atoms. The maximum Gasteiger partial charge on any atom is 0.137 e. The van der Waals surface area contributed by atoms with Crippen LogP contribution in [0.25, 0.3) is 0 Å². The Morgan fingerprint density at radius 2 is 2.10 bits per heavy atom. The molecule has 0 aromatic heterocycles. The van der Waals surface area contributed by atoms with Crippen LogP contribution >= 0.6 is 15.9 Å². The van der Waals surface area contributed by atoms with Gasteiger partial charge in [-0.15, -0.1) is 0 Å². The van der Waals surface area contributed by atoms with E-state index in [9.17, 15) is 4.39 Å². The largest absolute Gasteiger partial charge is 0.271 e. The molecule has 0 saturated carbocycles. The smallest absolute Gasteiger partial charge is 0.137 e. The summed E-state index contributed by atoms with van der Waals surface area (Å²) >= 11 is 3.23. The number of halogens is 2. The lowest BCUT2D eigenvalue weighted by Crippen LogP contribution is -2.45. The van der Waals surface area contributed by atoms with Gasteiger partial charge < -0.3 is 0 Å². The molecule has 1 aliphatic carbocycles. The minimum absolute atomic E-state index is 0.169. The van der Waals surface area contributed by atoms with Crippen LogP contribution in [0.2, 0.25) is 0 Å². The van der Waals surface area contributed by atoms with Gasteiger partial charge in [-0.05, 0) is 57.6 Å². The van der Waals surface area contributed by atoms with Crippen LogP contribution in [0.3, 0.4) is 0 Å². The van der Waals surface area contributed by atoms with E-state index in [2.05, 4.69) is 45.6 Å². The van der Waals surface area contributed by atoms with Crippen LogP contribution in [0.5, 0.6) is 0 Å². The number of hydrogen-bond acceptors (Lipinski definition) is 2. The zero-order chi connectivity index (χ0) is 14.1. The fourth-order valence-electron chi connectivity index (χ4n) is 2.89. The average molecular weight is 335 g/mol. The summed E-state index contributed by atoms with van der Waals surface area (Å²) in [6.07, 6.45) is 1.84. The molecule has 1 aliphatic rings. The Kier molecular flexibility index (Phi) is 3.87. The standard InChI is InChI=1S/C16H16BrFN2/c17-14-7-10(5-6-15(14)18)8-16(20-19)13-9-11-3-1-2-4-12(11)13/h1-7,13,16,20H,8-9,19H2. The molecule has 2 aromatic rings. The van der Waals surface area contributed by atoms with E-state index in [0.717, 1.165) is 18.4 Å². The Bertz CT molecular complexity index is 630. The van der Waals surface area contributed by atoms with Crippen molar-refractivity contribution in [1.82, 2.24) is 5.43 Å². The van der Waals surface area contributed by atoms with E-state index in [1.807, 2.05) is 12.1 Å². The number of rotatable bonds is 4. The molecule has 0 bridgehead atoms. The Labute approximate surface area is 126 Å². The zero-order valence-corrected chi connectivity index (χ0v) is 12.5. The molecule has 3 N–H and O–H groups in total. The van der Waals surface area contributed by atoms with E-state index in [-0.39, 0.29) is 11.9 Å². The Balaban J connectivity index is 1.77. The van der Waals surface area contributed by atoms with Gasteiger partial charge in [0.2, 0.25) is 0 Å². The summed E-state index contributed by atoms with van der Waals surface area (Å²) in [6.45, 7) is 0. The van der Waals surface area contributed by atoms with Crippen molar-refractivity contribution in [2.45, 2.75) is 24.8 Å². The van der Waals surface area contributed by atoms with E-state index in [0.29, 0.717) is 10.4 Å². The molecular formula is C16H16BrFN2. The molecule has 2 unspecified atom stereocenters. The van der Waals surface area contributed by atoms with Gasteiger partial charge in [-0.3, -0.25) is 11.3 Å². The first-order valence-corrected chi connectivity index (χ1v) is 7.46. The van der Waals surface area contributed by atoms with Crippen molar-refractivity contribution in [3.63, 3.8) is 0 Å². The van der Waals surface area contributed by atoms with E-state index in [1.54, 1.807) is 0 Å². The molecule has 0 aliphatic heterocycles. The van der Waals surface area contributed by atoms with Crippen molar-refractivity contribution in [2.24, 2.45) is 5.84 Å². The molecule has 3 rings (SSSR count). The molecular weight excluding hydrogens is 319 g/mol. The van der Waals surface area contributed by atoms with Crippen molar-refractivity contribution in [1.29, 1.82) is 0 Å². The minimum atomic E-state index is -0.236. The third kappa shape index (κ3) is 2.51. The van der Waals surface area contributed by atoms with E-state index >= 15 is 0 Å². The number of fused-ring (bicyclic) bond motifs is 1. The van der Waals surface area contributed by atoms with Gasteiger partial charge in [-0.1, -0.05) is 30.3 Å². The van der Waals surface area contributed by atoms with Gasteiger partial charge in [0, 0.05) is 12.0 Å². The van der Waals surface area contributed by atoms with Crippen molar-refractivity contribution in [2.75, 3.05) is 0 Å².